The summed E-state index contributed by atoms with van der Waals surface area (Å²) in [5.41, 5.74) is 1.18. The Bertz CT molecular complexity index is 988. The fraction of sp³-hybridized carbons (Fsp3) is 0.450. The standard InChI is InChI=1S/C20H23FN6O4/c1-13(29)22-9-17-11-26(20(30)31-17)16-2-3-19(18(21)8-16)25-6-4-15(5-7-25)27-10-14(12-28)23-24-27/h2-3,8,10,12,15,17H,4-7,9,11H2,1H3,(H,22,29)/t17-/m0/s1. The molecule has 0 saturated carbocycles. The van der Waals surface area contributed by atoms with Gasteiger partial charge in [0.1, 0.15) is 17.6 Å². The summed E-state index contributed by atoms with van der Waals surface area (Å²) in [6.45, 7) is 3.10. The van der Waals surface area contributed by atoms with E-state index in [0.717, 1.165) is 12.8 Å². The van der Waals surface area contributed by atoms with Gasteiger partial charge in [-0.1, -0.05) is 5.21 Å². The second-order valence-corrected chi connectivity index (χ2v) is 7.65. The molecule has 4 rings (SSSR count). The predicted molar refractivity (Wildman–Crippen MR) is 109 cm³/mol. The third-order valence-electron chi connectivity index (χ3n) is 5.52. The van der Waals surface area contributed by atoms with Gasteiger partial charge in [-0.05, 0) is 31.0 Å². The molecule has 2 aromatic rings. The molecule has 2 amide bonds. The molecular formula is C20H23FN6O4. The summed E-state index contributed by atoms with van der Waals surface area (Å²) in [6, 6.07) is 4.80. The zero-order valence-electron chi connectivity index (χ0n) is 17.0. The normalized spacial score (nSPS) is 19.4. The number of anilines is 2. The second-order valence-electron chi connectivity index (χ2n) is 7.65. The fourth-order valence-corrected chi connectivity index (χ4v) is 3.91. The number of aromatic nitrogens is 3. The summed E-state index contributed by atoms with van der Waals surface area (Å²) in [4.78, 5) is 37.3. The van der Waals surface area contributed by atoms with E-state index in [-0.39, 0.29) is 25.0 Å². The van der Waals surface area contributed by atoms with Gasteiger partial charge in [0.05, 0.1) is 36.7 Å². The SMILES string of the molecule is CC(=O)NC[C@H]1CN(c2ccc(N3CCC(n4cc(C=O)nn4)CC3)c(F)c2)C(=O)O1. The summed E-state index contributed by atoms with van der Waals surface area (Å²) < 4.78 is 21.8. The van der Waals surface area contributed by atoms with Crippen molar-refractivity contribution in [1.29, 1.82) is 0 Å². The number of hydrogen-bond donors (Lipinski definition) is 1. The van der Waals surface area contributed by atoms with Crippen LogP contribution < -0.4 is 15.1 Å². The van der Waals surface area contributed by atoms with Crippen molar-refractivity contribution in [3.8, 4) is 0 Å². The number of halogens is 1. The summed E-state index contributed by atoms with van der Waals surface area (Å²) in [6.07, 6.45) is 2.73. The van der Waals surface area contributed by atoms with Crippen molar-refractivity contribution in [2.75, 3.05) is 36.0 Å². The van der Waals surface area contributed by atoms with Crippen LogP contribution in [0.25, 0.3) is 0 Å². The monoisotopic (exact) mass is 430 g/mol. The van der Waals surface area contributed by atoms with Crippen LogP contribution in [-0.4, -0.2) is 65.6 Å². The Kier molecular flexibility index (Phi) is 5.83. The third kappa shape index (κ3) is 4.49. The number of piperidine rings is 1. The van der Waals surface area contributed by atoms with Gasteiger partial charge in [0.15, 0.2) is 6.29 Å². The summed E-state index contributed by atoms with van der Waals surface area (Å²) >= 11 is 0. The number of benzene rings is 1. The van der Waals surface area contributed by atoms with E-state index in [9.17, 15) is 18.8 Å². The summed E-state index contributed by atoms with van der Waals surface area (Å²) in [5, 5.41) is 10.4. The Balaban J connectivity index is 1.38. The Morgan fingerprint density at radius 3 is 2.77 bits per heavy atom. The first-order valence-corrected chi connectivity index (χ1v) is 10.1. The van der Waals surface area contributed by atoms with Crippen LogP contribution in [0.4, 0.5) is 20.6 Å². The lowest BCUT2D eigenvalue weighted by atomic mass is 10.0. The molecule has 1 atom stereocenters. The Morgan fingerprint density at radius 1 is 1.35 bits per heavy atom. The zero-order chi connectivity index (χ0) is 22.0. The number of amides is 2. The molecule has 0 spiro atoms. The maximum absolute atomic E-state index is 14.9. The third-order valence-corrected chi connectivity index (χ3v) is 5.52. The number of aldehydes is 1. The van der Waals surface area contributed by atoms with Crippen molar-refractivity contribution in [2.45, 2.75) is 31.9 Å². The lowest BCUT2D eigenvalue weighted by Gasteiger charge is -2.33. The lowest BCUT2D eigenvalue weighted by Crippen LogP contribution is -2.35. The Labute approximate surface area is 177 Å². The molecule has 0 aliphatic carbocycles. The van der Waals surface area contributed by atoms with Crippen molar-refractivity contribution >= 4 is 29.7 Å². The van der Waals surface area contributed by atoms with Crippen LogP contribution in [0.5, 0.6) is 0 Å². The van der Waals surface area contributed by atoms with Crippen LogP contribution in [0, 0.1) is 5.82 Å². The summed E-state index contributed by atoms with van der Waals surface area (Å²) in [5.74, 6) is -0.625. The van der Waals surface area contributed by atoms with Crippen LogP contribution >= 0.6 is 0 Å². The first-order valence-electron chi connectivity index (χ1n) is 10.1. The van der Waals surface area contributed by atoms with Gasteiger partial charge >= 0.3 is 6.09 Å². The molecule has 2 aliphatic heterocycles. The molecule has 0 bridgehead atoms. The highest BCUT2D eigenvalue weighted by molar-refractivity contribution is 5.90. The van der Waals surface area contributed by atoms with E-state index in [1.54, 1.807) is 23.0 Å². The van der Waals surface area contributed by atoms with E-state index < -0.39 is 18.0 Å². The molecule has 3 heterocycles. The average molecular weight is 430 g/mol. The van der Waals surface area contributed by atoms with Crippen molar-refractivity contribution in [2.24, 2.45) is 0 Å². The molecule has 11 heteroatoms. The summed E-state index contributed by atoms with van der Waals surface area (Å²) in [7, 11) is 0. The molecule has 31 heavy (non-hydrogen) atoms. The van der Waals surface area contributed by atoms with Gasteiger partial charge in [-0.25, -0.2) is 13.9 Å². The van der Waals surface area contributed by atoms with E-state index >= 15 is 0 Å². The number of nitrogens with zero attached hydrogens (tertiary/aromatic N) is 5. The average Bonchev–Trinajstić information content (AvgIpc) is 3.39. The Morgan fingerprint density at radius 2 is 2.13 bits per heavy atom. The van der Waals surface area contributed by atoms with Crippen LogP contribution in [-0.2, 0) is 9.53 Å². The minimum Gasteiger partial charge on any atom is -0.442 e. The second kappa shape index (κ2) is 8.70. The molecular weight excluding hydrogens is 407 g/mol. The number of cyclic esters (lactones) is 1. The van der Waals surface area contributed by atoms with Gasteiger partial charge in [-0.15, -0.1) is 5.10 Å². The van der Waals surface area contributed by atoms with Gasteiger partial charge in [0, 0.05) is 20.0 Å². The first kappa shape index (κ1) is 20.8. The van der Waals surface area contributed by atoms with Gasteiger partial charge in [0.2, 0.25) is 5.91 Å². The highest BCUT2D eigenvalue weighted by Gasteiger charge is 2.33. The van der Waals surface area contributed by atoms with Crippen molar-refractivity contribution in [3.05, 3.63) is 35.9 Å². The quantitative estimate of drug-likeness (QED) is 0.692. The number of nitrogens with one attached hydrogen (secondary N) is 1. The van der Waals surface area contributed by atoms with Gasteiger partial charge < -0.3 is 15.0 Å². The molecule has 2 fully saturated rings. The molecule has 2 aliphatic rings. The maximum Gasteiger partial charge on any atom is 0.414 e. The van der Waals surface area contributed by atoms with E-state index in [2.05, 4.69) is 15.6 Å². The van der Waals surface area contributed by atoms with Crippen molar-refractivity contribution in [3.63, 3.8) is 0 Å². The van der Waals surface area contributed by atoms with Gasteiger partial charge in [0.25, 0.3) is 0 Å². The number of carbonyl (C=O) groups is 3. The van der Waals surface area contributed by atoms with Crippen molar-refractivity contribution < 1.29 is 23.5 Å². The molecule has 0 unspecified atom stereocenters. The van der Waals surface area contributed by atoms with Crippen molar-refractivity contribution in [1.82, 2.24) is 20.3 Å². The minimum atomic E-state index is -0.564. The Hall–Kier alpha value is -3.50. The largest absolute Gasteiger partial charge is 0.442 e. The smallest absolute Gasteiger partial charge is 0.414 e. The molecule has 10 nitrogen and oxygen atoms in total. The van der Waals surface area contributed by atoms with Gasteiger partial charge in [-0.3, -0.25) is 14.5 Å². The number of carbonyl (C=O) groups excluding carboxylic acids is 3. The number of rotatable bonds is 6. The van der Waals surface area contributed by atoms with E-state index in [4.69, 9.17) is 4.74 Å². The fourth-order valence-electron chi connectivity index (χ4n) is 3.91. The zero-order valence-corrected chi connectivity index (χ0v) is 17.0. The lowest BCUT2D eigenvalue weighted by molar-refractivity contribution is -0.119. The van der Waals surface area contributed by atoms with Crippen LogP contribution in [0.1, 0.15) is 36.3 Å². The van der Waals surface area contributed by atoms with E-state index in [1.807, 2.05) is 4.90 Å². The maximum atomic E-state index is 14.9. The highest BCUT2D eigenvalue weighted by atomic mass is 19.1. The topological polar surface area (TPSA) is 110 Å². The molecule has 1 aromatic heterocycles. The number of hydrogen-bond acceptors (Lipinski definition) is 7. The molecule has 0 radical (unpaired) electrons. The molecule has 164 valence electrons. The van der Waals surface area contributed by atoms with Crippen LogP contribution in [0.2, 0.25) is 0 Å². The van der Waals surface area contributed by atoms with E-state index in [0.29, 0.717) is 36.4 Å². The van der Waals surface area contributed by atoms with E-state index in [1.165, 1.54) is 17.9 Å². The van der Waals surface area contributed by atoms with Gasteiger partial charge in [-0.2, -0.15) is 0 Å². The predicted octanol–water partition coefficient (Wildman–Crippen LogP) is 1.53. The highest BCUT2D eigenvalue weighted by Crippen LogP contribution is 2.31. The molecule has 1 N–H and O–H groups in total. The van der Waals surface area contributed by atoms with Crippen LogP contribution in [0.15, 0.2) is 24.4 Å². The molecule has 1 aromatic carbocycles. The number of ether oxygens (including phenoxy) is 1. The first-order chi connectivity index (χ1) is 14.9. The minimum absolute atomic E-state index is 0.111. The molecule has 2 saturated heterocycles. The van der Waals surface area contributed by atoms with Crippen LogP contribution in [0.3, 0.4) is 0 Å².